The van der Waals surface area contributed by atoms with Gasteiger partial charge in [0.05, 0.1) is 28.5 Å². The molecule has 0 radical (unpaired) electrons. The Morgan fingerprint density at radius 3 is 2.37 bits per heavy atom. The van der Waals surface area contributed by atoms with Crippen molar-refractivity contribution in [2.75, 3.05) is 20.4 Å². The van der Waals surface area contributed by atoms with Crippen LogP contribution in [0.25, 0.3) is 0 Å². The minimum absolute atomic E-state index is 0.0553. The van der Waals surface area contributed by atoms with Crippen molar-refractivity contribution in [2.45, 2.75) is 19.6 Å². The molecule has 1 aromatic carbocycles. The Kier molecular flexibility index (Phi) is 4.82. The first kappa shape index (κ1) is 15.4. The van der Waals surface area contributed by atoms with Crippen molar-refractivity contribution < 1.29 is 24.1 Å². The van der Waals surface area contributed by atoms with Gasteiger partial charge in [-0.3, -0.25) is 0 Å². The molecular formula is C13H20O5Si. The summed E-state index contributed by atoms with van der Waals surface area (Å²) in [5.74, 6) is -0.300. The fourth-order valence-electron chi connectivity index (χ4n) is 1.43. The van der Waals surface area contributed by atoms with Crippen molar-refractivity contribution in [2.24, 2.45) is 0 Å². The summed E-state index contributed by atoms with van der Waals surface area (Å²) in [6.45, 7) is 6.51. The second-order valence-electron chi connectivity index (χ2n) is 5.33. The van der Waals surface area contributed by atoms with Crippen molar-refractivity contribution in [3.63, 3.8) is 0 Å². The molecule has 0 bridgehead atoms. The van der Waals surface area contributed by atoms with Crippen LogP contribution in [0.4, 0.5) is 0 Å². The molecule has 1 N–H and O–H groups in total. The van der Waals surface area contributed by atoms with E-state index in [0.717, 1.165) is 0 Å². The number of esters is 1. The number of hydrogen-bond acceptors (Lipinski definition) is 5. The van der Waals surface area contributed by atoms with E-state index in [0.29, 0.717) is 12.0 Å². The van der Waals surface area contributed by atoms with Crippen molar-refractivity contribution in [3.8, 4) is 17.2 Å². The number of benzene rings is 1. The summed E-state index contributed by atoms with van der Waals surface area (Å²) in [4.78, 5) is 11.5. The third-order valence-corrected chi connectivity index (χ3v) is 3.38. The predicted octanol–water partition coefficient (Wildman–Crippen LogP) is 2.44. The first-order chi connectivity index (χ1) is 8.80. The van der Waals surface area contributed by atoms with E-state index in [1.165, 1.54) is 20.3 Å². The van der Waals surface area contributed by atoms with E-state index in [4.69, 9.17) is 9.47 Å². The maximum Gasteiger partial charge on any atom is 0.341 e. The highest BCUT2D eigenvalue weighted by Gasteiger charge is 2.21. The molecule has 106 valence electrons. The molecule has 0 aliphatic carbocycles. The van der Waals surface area contributed by atoms with Gasteiger partial charge in [-0.15, -0.1) is 0 Å². The molecule has 0 spiro atoms. The van der Waals surface area contributed by atoms with Gasteiger partial charge >= 0.3 is 5.97 Å². The van der Waals surface area contributed by atoms with Crippen molar-refractivity contribution in [1.82, 2.24) is 0 Å². The van der Waals surface area contributed by atoms with Crippen LogP contribution in [0.2, 0.25) is 19.6 Å². The van der Waals surface area contributed by atoms with Crippen LogP contribution in [0.3, 0.4) is 0 Å². The van der Waals surface area contributed by atoms with Crippen LogP contribution >= 0.6 is 0 Å². The second kappa shape index (κ2) is 5.97. The smallest absolute Gasteiger partial charge is 0.341 e. The van der Waals surface area contributed by atoms with Gasteiger partial charge in [0.1, 0.15) is 5.56 Å². The normalized spacial score (nSPS) is 11.0. The van der Waals surface area contributed by atoms with Crippen LogP contribution in [0.1, 0.15) is 10.4 Å². The van der Waals surface area contributed by atoms with E-state index in [9.17, 15) is 9.90 Å². The average molecular weight is 284 g/mol. The Labute approximate surface area is 114 Å². The summed E-state index contributed by atoms with van der Waals surface area (Å²) in [6, 6.07) is 3.06. The first-order valence-corrected chi connectivity index (χ1v) is 9.62. The first-order valence-electron chi connectivity index (χ1n) is 5.91. The lowest BCUT2D eigenvalue weighted by atomic mass is 10.1. The van der Waals surface area contributed by atoms with Crippen molar-refractivity contribution in [3.05, 3.63) is 17.7 Å². The number of aromatic hydroxyl groups is 1. The fraction of sp³-hybridized carbons (Fsp3) is 0.462. The molecule has 0 aromatic heterocycles. The van der Waals surface area contributed by atoms with Gasteiger partial charge < -0.3 is 19.3 Å². The number of phenolic OH excluding ortho intramolecular Hbond substituents is 1. The molecule has 5 nitrogen and oxygen atoms in total. The summed E-state index contributed by atoms with van der Waals surface area (Å²) in [7, 11) is 1.28. The summed E-state index contributed by atoms with van der Waals surface area (Å²) in [5.41, 5.74) is 0.0553. The van der Waals surface area contributed by atoms with Crippen molar-refractivity contribution >= 4 is 14.0 Å². The Bertz CT molecular complexity index is 465. The molecule has 0 saturated heterocycles. The summed E-state index contributed by atoms with van der Waals surface area (Å²) in [6.07, 6.45) is 0.598. The van der Waals surface area contributed by atoms with E-state index in [-0.39, 0.29) is 17.1 Å². The lowest BCUT2D eigenvalue weighted by Gasteiger charge is -2.19. The zero-order valence-electron chi connectivity index (χ0n) is 11.9. The molecule has 0 aliphatic heterocycles. The summed E-state index contributed by atoms with van der Waals surface area (Å²) < 4.78 is 15.4. The molecule has 0 saturated carbocycles. The molecule has 1 rings (SSSR count). The van der Waals surface area contributed by atoms with Gasteiger partial charge in [-0.05, 0) is 12.1 Å². The van der Waals surface area contributed by atoms with Crippen molar-refractivity contribution in [1.29, 1.82) is 0 Å². The number of phenols is 1. The zero-order valence-corrected chi connectivity index (χ0v) is 12.9. The van der Waals surface area contributed by atoms with E-state index in [2.05, 4.69) is 24.4 Å². The number of ether oxygens (including phenoxy) is 3. The van der Waals surface area contributed by atoms with E-state index >= 15 is 0 Å². The lowest BCUT2D eigenvalue weighted by Crippen LogP contribution is -2.30. The quantitative estimate of drug-likeness (QED) is 0.664. The number of carbonyl (C=O) groups excluding carboxylic acids is 1. The number of rotatable bonds is 5. The summed E-state index contributed by atoms with van der Waals surface area (Å²) in [5, 5.41) is 10.0. The van der Waals surface area contributed by atoms with Gasteiger partial charge in [0.15, 0.2) is 11.5 Å². The predicted molar refractivity (Wildman–Crippen MR) is 74.8 cm³/mol. The standard InChI is InChI=1S/C13H20O5Si/c1-16-12-10(18-8-19(3,4)5)7-6-9(11(12)14)13(15)17-2/h6-7,14H,8H2,1-5H3. The molecule has 6 heteroatoms. The van der Waals surface area contributed by atoms with E-state index < -0.39 is 14.0 Å². The van der Waals surface area contributed by atoms with Gasteiger partial charge in [0.25, 0.3) is 0 Å². The van der Waals surface area contributed by atoms with Crippen LogP contribution < -0.4 is 9.47 Å². The number of hydrogen-bond donors (Lipinski definition) is 1. The van der Waals surface area contributed by atoms with Gasteiger partial charge in [0, 0.05) is 0 Å². The van der Waals surface area contributed by atoms with Gasteiger partial charge in [0.2, 0.25) is 5.75 Å². The largest absolute Gasteiger partial charge is 0.504 e. The highest BCUT2D eigenvalue weighted by Crippen LogP contribution is 2.39. The van der Waals surface area contributed by atoms with Crippen LogP contribution in [-0.2, 0) is 4.74 Å². The number of methoxy groups -OCH3 is 2. The Balaban J connectivity index is 3.08. The third kappa shape index (κ3) is 3.89. The number of carbonyl (C=O) groups is 1. The molecule has 0 amide bonds. The molecule has 0 fully saturated rings. The van der Waals surface area contributed by atoms with Gasteiger partial charge in [-0.2, -0.15) is 0 Å². The van der Waals surface area contributed by atoms with Crippen LogP contribution in [0.5, 0.6) is 17.2 Å². The van der Waals surface area contributed by atoms with Gasteiger partial charge in [-0.1, -0.05) is 19.6 Å². The van der Waals surface area contributed by atoms with Crippen LogP contribution in [0.15, 0.2) is 12.1 Å². The monoisotopic (exact) mass is 284 g/mol. The minimum Gasteiger partial charge on any atom is -0.504 e. The maximum atomic E-state index is 11.5. The molecule has 19 heavy (non-hydrogen) atoms. The highest BCUT2D eigenvalue weighted by molar-refractivity contribution is 6.76. The molecular weight excluding hydrogens is 264 g/mol. The minimum atomic E-state index is -1.39. The topological polar surface area (TPSA) is 65.0 Å². The zero-order chi connectivity index (χ0) is 14.6. The summed E-state index contributed by atoms with van der Waals surface area (Å²) >= 11 is 0. The molecule has 0 aliphatic rings. The molecule has 0 atom stereocenters. The SMILES string of the molecule is COC(=O)c1ccc(OC[Si](C)(C)C)c(OC)c1O. The van der Waals surface area contributed by atoms with Gasteiger partial charge in [-0.25, -0.2) is 4.79 Å². The van der Waals surface area contributed by atoms with E-state index in [1.807, 2.05) is 0 Å². The Hall–Kier alpha value is -1.69. The lowest BCUT2D eigenvalue weighted by molar-refractivity contribution is 0.0596. The molecule has 0 unspecified atom stereocenters. The average Bonchev–Trinajstić information content (AvgIpc) is 2.34. The Morgan fingerprint density at radius 1 is 1.26 bits per heavy atom. The molecule has 1 aromatic rings. The van der Waals surface area contributed by atoms with Crippen LogP contribution in [-0.4, -0.2) is 39.6 Å². The van der Waals surface area contributed by atoms with E-state index in [1.54, 1.807) is 6.07 Å². The highest BCUT2D eigenvalue weighted by atomic mass is 28.3. The maximum absolute atomic E-state index is 11.5. The Morgan fingerprint density at radius 2 is 1.89 bits per heavy atom. The second-order valence-corrected chi connectivity index (χ2v) is 10.7. The third-order valence-electron chi connectivity index (χ3n) is 2.37. The van der Waals surface area contributed by atoms with Crippen LogP contribution in [0, 0.1) is 0 Å². The molecule has 0 heterocycles. The fourth-order valence-corrected chi connectivity index (χ4v) is 2.02.